The lowest BCUT2D eigenvalue weighted by Gasteiger charge is -2.21. The summed E-state index contributed by atoms with van der Waals surface area (Å²) in [7, 11) is -2.26. The molecule has 0 aliphatic heterocycles. The van der Waals surface area contributed by atoms with Crippen LogP contribution in [0.25, 0.3) is 0 Å². The summed E-state index contributed by atoms with van der Waals surface area (Å²) >= 11 is 0. The quantitative estimate of drug-likeness (QED) is 0.652. The molecule has 0 amide bonds. The molecule has 22 heavy (non-hydrogen) atoms. The minimum atomic E-state index is -6.00. The molecule has 0 saturated heterocycles. The van der Waals surface area contributed by atoms with Crippen LogP contribution in [0.4, 0.5) is 35.1 Å². The second-order valence-electron chi connectivity index (χ2n) is 4.12. The van der Waals surface area contributed by atoms with Crippen LogP contribution in [-0.4, -0.2) is 35.9 Å². The average Bonchev–Trinajstić information content (AvgIpc) is 2.33. The molecule has 1 aromatic rings. The summed E-state index contributed by atoms with van der Waals surface area (Å²) in [5.41, 5.74) is -2.20. The lowest BCUT2D eigenvalue weighted by atomic mass is 9.80. The third kappa shape index (κ3) is 4.23. The van der Waals surface area contributed by atoms with Gasteiger partial charge in [-0.25, -0.2) is 0 Å². The fraction of sp³-hybridized carbons (Fsp3) is 0.400. The Kier molecular flexibility index (Phi) is 4.97. The van der Waals surface area contributed by atoms with Crippen molar-refractivity contribution in [2.45, 2.75) is 18.3 Å². The lowest BCUT2D eigenvalue weighted by molar-refractivity contribution is -0.290. The fourth-order valence-electron chi connectivity index (χ4n) is 1.30. The molecule has 2 N–H and O–H groups in total. The lowest BCUT2D eigenvalue weighted by Crippen LogP contribution is -2.42. The van der Waals surface area contributed by atoms with Gasteiger partial charge in [-0.15, -0.1) is 0 Å². The van der Waals surface area contributed by atoms with E-state index in [-0.39, 0.29) is 6.07 Å². The maximum atomic E-state index is 12.7. The van der Waals surface area contributed by atoms with E-state index in [4.69, 9.17) is 10.0 Å². The molecule has 124 valence electrons. The largest absolute Gasteiger partial charge is 0.488 e. The molecule has 0 atom stereocenters. The molecular formula is C10H7BF8O3. The standard InChI is InChI=1S/C10H7BF8O3/c12-8(13,10(17,18)19)4-22-7-3-5(11(20)21)1-2-6(7)9(14,15)16/h1-3,20-21H,4H2. The number of benzene rings is 1. The Hall–Kier alpha value is -1.56. The summed E-state index contributed by atoms with van der Waals surface area (Å²) in [6, 6.07) is 1.21. The second kappa shape index (κ2) is 5.91. The highest BCUT2D eigenvalue weighted by Gasteiger charge is 2.58. The molecule has 0 bridgehead atoms. The Labute approximate surface area is 118 Å². The molecule has 0 aliphatic carbocycles. The number of rotatable bonds is 4. The highest BCUT2D eigenvalue weighted by atomic mass is 19.4. The van der Waals surface area contributed by atoms with Crippen molar-refractivity contribution in [1.29, 1.82) is 0 Å². The van der Waals surface area contributed by atoms with Crippen molar-refractivity contribution in [2.24, 2.45) is 0 Å². The summed E-state index contributed by atoms with van der Waals surface area (Å²) in [6.07, 6.45) is -11.1. The van der Waals surface area contributed by atoms with Crippen molar-refractivity contribution in [3.05, 3.63) is 23.8 Å². The first-order chi connectivity index (χ1) is 9.75. The van der Waals surface area contributed by atoms with Crippen molar-refractivity contribution < 1.29 is 49.9 Å². The van der Waals surface area contributed by atoms with E-state index in [1.807, 2.05) is 0 Å². The van der Waals surface area contributed by atoms with Crippen molar-refractivity contribution in [1.82, 2.24) is 0 Å². The fourth-order valence-corrected chi connectivity index (χ4v) is 1.30. The van der Waals surface area contributed by atoms with Gasteiger partial charge < -0.3 is 14.8 Å². The van der Waals surface area contributed by atoms with Gasteiger partial charge in [0.05, 0.1) is 5.56 Å². The number of halogens is 8. The molecule has 0 aromatic heterocycles. The molecule has 0 saturated carbocycles. The van der Waals surface area contributed by atoms with Gasteiger partial charge in [-0.05, 0) is 17.6 Å². The monoisotopic (exact) mass is 338 g/mol. The van der Waals surface area contributed by atoms with Crippen molar-refractivity contribution in [3.63, 3.8) is 0 Å². The summed E-state index contributed by atoms with van der Waals surface area (Å²) in [6.45, 7) is -2.38. The van der Waals surface area contributed by atoms with Crippen LogP contribution in [0, 0.1) is 0 Å². The van der Waals surface area contributed by atoms with Crippen LogP contribution in [0.1, 0.15) is 5.56 Å². The van der Waals surface area contributed by atoms with E-state index >= 15 is 0 Å². The van der Waals surface area contributed by atoms with Gasteiger partial charge in [0.2, 0.25) is 0 Å². The summed E-state index contributed by atoms with van der Waals surface area (Å²) in [4.78, 5) is 0. The minimum Gasteiger partial charge on any atom is -0.486 e. The normalized spacial score (nSPS) is 13.2. The number of hydrogen-bond acceptors (Lipinski definition) is 3. The minimum absolute atomic E-state index is 0.274. The third-order valence-electron chi connectivity index (χ3n) is 2.43. The highest BCUT2D eigenvalue weighted by Crippen LogP contribution is 2.39. The van der Waals surface area contributed by atoms with Gasteiger partial charge >= 0.3 is 25.4 Å². The van der Waals surface area contributed by atoms with Crippen LogP contribution in [0.5, 0.6) is 5.75 Å². The summed E-state index contributed by atoms with van der Waals surface area (Å²) < 4.78 is 103. The molecule has 1 rings (SSSR count). The average molecular weight is 338 g/mol. The van der Waals surface area contributed by atoms with E-state index < -0.39 is 48.8 Å². The smallest absolute Gasteiger partial charge is 0.486 e. The van der Waals surface area contributed by atoms with Crippen LogP contribution in [0.2, 0.25) is 0 Å². The van der Waals surface area contributed by atoms with Crippen molar-refractivity contribution >= 4 is 12.6 Å². The molecule has 0 unspecified atom stereocenters. The van der Waals surface area contributed by atoms with Gasteiger partial charge in [-0.3, -0.25) is 0 Å². The van der Waals surface area contributed by atoms with Gasteiger partial charge in [0.25, 0.3) is 0 Å². The van der Waals surface area contributed by atoms with E-state index in [0.717, 1.165) is 0 Å². The van der Waals surface area contributed by atoms with E-state index in [2.05, 4.69) is 4.74 Å². The van der Waals surface area contributed by atoms with E-state index in [1.165, 1.54) is 0 Å². The molecule has 3 nitrogen and oxygen atoms in total. The molecule has 0 aliphatic rings. The van der Waals surface area contributed by atoms with E-state index in [1.54, 1.807) is 0 Å². The Morgan fingerprint density at radius 3 is 1.91 bits per heavy atom. The number of hydrogen-bond donors (Lipinski definition) is 2. The topological polar surface area (TPSA) is 49.7 Å². The number of alkyl halides is 8. The summed E-state index contributed by atoms with van der Waals surface area (Å²) in [5, 5.41) is 17.6. The highest BCUT2D eigenvalue weighted by molar-refractivity contribution is 6.58. The zero-order valence-corrected chi connectivity index (χ0v) is 10.3. The maximum Gasteiger partial charge on any atom is 0.488 e. The first kappa shape index (κ1) is 18.5. The van der Waals surface area contributed by atoms with Crippen LogP contribution >= 0.6 is 0 Å². The molecular weight excluding hydrogens is 331 g/mol. The molecule has 0 spiro atoms. The van der Waals surface area contributed by atoms with Gasteiger partial charge in [0.15, 0.2) is 6.61 Å². The molecule has 0 fully saturated rings. The van der Waals surface area contributed by atoms with E-state index in [0.29, 0.717) is 12.1 Å². The van der Waals surface area contributed by atoms with Gasteiger partial charge in [-0.2, -0.15) is 35.1 Å². The van der Waals surface area contributed by atoms with Crippen LogP contribution in [-0.2, 0) is 6.18 Å². The predicted octanol–water partition coefficient (Wildman–Crippen LogP) is 1.96. The summed E-state index contributed by atoms with van der Waals surface area (Å²) in [5.74, 6) is -6.74. The van der Waals surface area contributed by atoms with E-state index in [9.17, 15) is 35.1 Å². The van der Waals surface area contributed by atoms with Gasteiger partial charge in [0.1, 0.15) is 5.75 Å². The Bertz CT molecular complexity index is 526. The zero-order valence-electron chi connectivity index (χ0n) is 10.3. The van der Waals surface area contributed by atoms with Crippen LogP contribution in [0.15, 0.2) is 18.2 Å². The Morgan fingerprint density at radius 1 is 0.955 bits per heavy atom. The molecule has 0 heterocycles. The maximum absolute atomic E-state index is 12.7. The van der Waals surface area contributed by atoms with Crippen LogP contribution in [0.3, 0.4) is 0 Å². The van der Waals surface area contributed by atoms with Crippen molar-refractivity contribution in [3.8, 4) is 5.75 Å². The molecule has 0 radical (unpaired) electrons. The van der Waals surface area contributed by atoms with Crippen molar-refractivity contribution in [2.75, 3.05) is 6.61 Å². The Morgan fingerprint density at radius 2 is 1.50 bits per heavy atom. The first-order valence-corrected chi connectivity index (χ1v) is 5.40. The third-order valence-corrected chi connectivity index (χ3v) is 2.43. The predicted molar refractivity (Wildman–Crippen MR) is 57.8 cm³/mol. The second-order valence-corrected chi connectivity index (χ2v) is 4.12. The van der Waals surface area contributed by atoms with Gasteiger partial charge in [-0.1, -0.05) is 6.07 Å². The zero-order chi connectivity index (χ0) is 17.3. The number of ether oxygens (including phenoxy) is 1. The van der Waals surface area contributed by atoms with Gasteiger partial charge in [0, 0.05) is 0 Å². The Balaban J connectivity index is 3.13. The first-order valence-electron chi connectivity index (χ1n) is 5.40. The molecule has 12 heteroatoms. The molecule has 1 aromatic carbocycles. The van der Waals surface area contributed by atoms with Crippen LogP contribution < -0.4 is 10.2 Å². The SMILES string of the molecule is OB(O)c1ccc(C(F)(F)F)c(OCC(F)(F)C(F)(F)F)c1.